The van der Waals surface area contributed by atoms with Crippen LogP contribution in [-0.4, -0.2) is 32.3 Å². The monoisotopic (exact) mass is 263 g/mol. The van der Waals surface area contributed by atoms with Gasteiger partial charge in [0.15, 0.2) is 0 Å². The molecule has 0 spiro atoms. The molecule has 0 bridgehead atoms. The second kappa shape index (κ2) is 7.26. The molecule has 0 saturated carbocycles. The van der Waals surface area contributed by atoms with Crippen LogP contribution in [0.2, 0.25) is 0 Å². The molecule has 2 rings (SSSR count). The summed E-state index contributed by atoms with van der Waals surface area (Å²) in [5, 5.41) is 3.30. The van der Waals surface area contributed by atoms with Crippen LogP contribution in [-0.2, 0) is 20.8 Å². The van der Waals surface area contributed by atoms with Gasteiger partial charge in [0.2, 0.25) is 0 Å². The van der Waals surface area contributed by atoms with Gasteiger partial charge >= 0.3 is 5.97 Å². The molecule has 0 aliphatic carbocycles. The Morgan fingerprint density at radius 3 is 2.89 bits per heavy atom. The summed E-state index contributed by atoms with van der Waals surface area (Å²) in [5.74, 6) is -0.00339. The van der Waals surface area contributed by atoms with E-state index in [0.717, 1.165) is 25.0 Å². The van der Waals surface area contributed by atoms with Crippen molar-refractivity contribution in [2.24, 2.45) is 5.92 Å². The Morgan fingerprint density at radius 2 is 2.26 bits per heavy atom. The Kier molecular flexibility index (Phi) is 5.36. The minimum absolute atomic E-state index is 0.199. The maximum atomic E-state index is 11.9. The fourth-order valence-electron chi connectivity index (χ4n) is 2.42. The minimum atomic E-state index is -0.287. The van der Waals surface area contributed by atoms with Crippen LogP contribution < -0.4 is 5.32 Å². The van der Waals surface area contributed by atoms with Crippen molar-refractivity contribution in [1.82, 2.24) is 5.32 Å². The molecule has 2 unspecified atom stereocenters. The molecule has 1 N–H and O–H groups in total. The number of hydrogen-bond donors (Lipinski definition) is 1. The maximum Gasteiger partial charge on any atom is 0.323 e. The third-order valence-corrected chi connectivity index (χ3v) is 3.49. The Morgan fingerprint density at radius 1 is 1.47 bits per heavy atom. The molecular formula is C15H21NO3. The van der Waals surface area contributed by atoms with Gasteiger partial charge in [0.05, 0.1) is 13.7 Å². The lowest BCUT2D eigenvalue weighted by Crippen LogP contribution is -2.46. The molecule has 0 amide bonds. The average molecular weight is 263 g/mol. The number of benzene rings is 1. The zero-order valence-electron chi connectivity index (χ0n) is 11.3. The Labute approximate surface area is 114 Å². The Balaban J connectivity index is 1.95. The largest absolute Gasteiger partial charge is 0.468 e. The molecule has 2 atom stereocenters. The van der Waals surface area contributed by atoms with E-state index in [2.05, 4.69) is 5.32 Å². The molecule has 1 aliphatic rings. The molecule has 0 aromatic heterocycles. The molecule has 1 aromatic carbocycles. The van der Waals surface area contributed by atoms with Crippen molar-refractivity contribution in [2.45, 2.75) is 25.4 Å². The predicted octanol–water partition coefficient (Wildman–Crippen LogP) is 1.74. The number of methoxy groups -OCH3 is 1. The molecule has 4 nitrogen and oxygen atoms in total. The molecule has 1 saturated heterocycles. The van der Waals surface area contributed by atoms with Gasteiger partial charge in [-0.1, -0.05) is 30.3 Å². The SMILES string of the molecule is COC(=O)C(NCc1ccccc1)C1CCCOC1. The van der Waals surface area contributed by atoms with E-state index >= 15 is 0 Å². The van der Waals surface area contributed by atoms with E-state index in [4.69, 9.17) is 9.47 Å². The summed E-state index contributed by atoms with van der Waals surface area (Å²) in [6.45, 7) is 2.09. The highest BCUT2D eigenvalue weighted by Crippen LogP contribution is 2.19. The number of hydrogen-bond acceptors (Lipinski definition) is 4. The van der Waals surface area contributed by atoms with Gasteiger partial charge < -0.3 is 9.47 Å². The average Bonchev–Trinajstić information content (AvgIpc) is 2.49. The summed E-state index contributed by atoms with van der Waals surface area (Å²) in [6, 6.07) is 9.76. The van der Waals surface area contributed by atoms with E-state index in [0.29, 0.717) is 13.2 Å². The molecule has 0 radical (unpaired) electrons. The smallest absolute Gasteiger partial charge is 0.323 e. The third kappa shape index (κ3) is 4.04. The number of rotatable bonds is 5. The van der Waals surface area contributed by atoms with Crippen molar-refractivity contribution < 1.29 is 14.3 Å². The lowest BCUT2D eigenvalue weighted by Gasteiger charge is -2.29. The quantitative estimate of drug-likeness (QED) is 0.822. The van der Waals surface area contributed by atoms with Crippen molar-refractivity contribution in [3.05, 3.63) is 35.9 Å². The summed E-state index contributed by atoms with van der Waals surface area (Å²) in [5.41, 5.74) is 1.16. The summed E-state index contributed by atoms with van der Waals surface area (Å²) < 4.78 is 10.4. The van der Waals surface area contributed by atoms with Gasteiger partial charge in [-0.3, -0.25) is 10.1 Å². The van der Waals surface area contributed by atoms with Crippen molar-refractivity contribution in [3.8, 4) is 0 Å². The maximum absolute atomic E-state index is 11.9. The summed E-state index contributed by atoms with van der Waals surface area (Å²) in [6.07, 6.45) is 2.01. The van der Waals surface area contributed by atoms with Crippen LogP contribution in [0.3, 0.4) is 0 Å². The van der Waals surface area contributed by atoms with Crippen LogP contribution in [0.4, 0.5) is 0 Å². The highest BCUT2D eigenvalue weighted by atomic mass is 16.5. The van der Waals surface area contributed by atoms with Crippen LogP contribution in [0.1, 0.15) is 18.4 Å². The van der Waals surface area contributed by atoms with E-state index in [1.54, 1.807) is 0 Å². The van der Waals surface area contributed by atoms with Gasteiger partial charge in [-0.2, -0.15) is 0 Å². The van der Waals surface area contributed by atoms with Gasteiger partial charge in [-0.05, 0) is 18.4 Å². The fourth-order valence-corrected chi connectivity index (χ4v) is 2.42. The molecule has 104 valence electrons. The number of esters is 1. The fraction of sp³-hybridized carbons (Fsp3) is 0.533. The van der Waals surface area contributed by atoms with Crippen molar-refractivity contribution in [2.75, 3.05) is 20.3 Å². The number of carbonyl (C=O) groups is 1. The first-order chi connectivity index (χ1) is 9.31. The predicted molar refractivity (Wildman–Crippen MR) is 72.6 cm³/mol. The summed E-state index contributed by atoms with van der Waals surface area (Å²) in [4.78, 5) is 11.9. The van der Waals surface area contributed by atoms with Crippen LogP contribution in [0.25, 0.3) is 0 Å². The van der Waals surface area contributed by atoms with E-state index in [-0.39, 0.29) is 17.9 Å². The van der Waals surface area contributed by atoms with Gasteiger partial charge in [0, 0.05) is 19.1 Å². The molecule has 1 heterocycles. The zero-order valence-corrected chi connectivity index (χ0v) is 11.3. The topological polar surface area (TPSA) is 47.6 Å². The minimum Gasteiger partial charge on any atom is -0.468 e. The Bertz CT molecular complexity index is 388. The number of carbonyl (C=O) groups excluding carboxylic acids is 1. The second-order valence-electron chi connectivity index (χ2n) is 4.84. The lowest BCUT2D eigenvalue weighted by molar-refractivity contribution is -0.146. The number of nitrogens with one attached hydrogen (secondary N) is 1. The lowest BCUT2D eigenvalue weighted by atomic mass is 9.93. The van der Waals surface area contributed by atoms with Gasteiger partial charge in [-0.25, -0.2) is 0 Å². The van der Waals surface area contributed by atoms with E-state index < -0.39 is 0 Å². The molecule has 1 fully saturated rings. The third-order valence-electron chi connectivity index (χ3n) is 3.49. The second-order valence-corrected chi connectivity index (χ2v) is 4.84. The molecule has 4 heteroatoms. The van der Waals surface area contributed by atoms with Crippen molar-refractivity contribution in [3.63, 3.8) is 0 Å². The highest BCUT2D eigenvalue weighted by molar-refractivity contribution is 5.76. The van der Waals surface area contributed by atoms with Crippen LogP contribution in [0.15, 0.2) is 30.3 Å². The van der Waals surface area contributed by atoms with Crippen molar-refractivity contribution in [1.29, 1.82) is 0 Å². The van der Waals surface area contributed by atoms with E-state index in [9.17, 15) is 4.79 Å². The van der Waals surface area contributed by atoms with Crippen LogP contribution in [0.5, 0.6) is 0 Å². The molecule has 1 aliphatic heterocycles. The number of ether oxygens (including phenoxy) is 2. The van der Waals surface area contributed by atoms with Gasteiger partial charge in [0.1, 0.15) is 6.04 Å². The first kappa shape index (κ1) is 14.0. The first-order valence-corrected chi connectivity index (χ1v) is 6.74. The first-order valence-electron chi connectivity index (χ1n) is 6.74. The van der Waals surface area contributed by atoms with Gasteiger partial charge in [-0.15, -0.1) is 0 Å². The molecule has 1 aromatic rings. The molecule has 19 heavy (non-hydrogen) atoms. The van der Waals surface area contributed by atoms with E-state index in [1.165, 1.54) is 7.11 Å². The highest BCUT2D eigenvalue weighted by Gasteiger charge is 2.30. The van der Waals surface area contributed by atoms with Gasteiger partial charge in [0.25, 0.3) is 0 Å². The summed E-state index contributed by atoms with van der Waals surface area (Å²) in [7, 11) is 1.43. The molecular weight excluding hydrogens is 242 g/mol. The van der Waals surface area contributed by atoms with Crippen molar-refractivity contribution >= 4 is 5.97 Å². The zero-order chi connectivity index (χ0) is 13.5. The van der Waals surface area contributed by atoms with Crippen LogP contribution >= 0.6 is 0 Å². The van der Waals surface area contributed by atoms with Crippen LogP contribution in [0, 0.1) is 5.92 Å². The normalized spacial score (nSPS) is 20.8. The summed E-state index contributed by atoms with van der Waals surface area (Å²) >= 11 is 0. The standard InChI is InChI=1S/C15H21NO3/c1-18-15(17)14(13-8-5-9-19-11-13)16-10-12-6-3-2-4-7-12/h2-4,6-7,13-14,16H,5,8-11H2,1H3. The van der Waals surface area contributed by atoms with E-state index in [1.807, 2.05) is 30.3 Å². The Hall–Kier alpha value is -1.39.